The Balaban J connectivity index is 1.28. The number of benzene rings is 3. The minimum atomic E-state index is 0.717. The van der Waals surface area contributed by atoms with Crippen molar-refractivity contribution in [1.29, 1.82) is 0 Å². The number of nitrogens with zero attached hydrogens (tertiary/aromatic N) is 4. The normalized spacial score (nSPS) is 15.6. The summed E-state index contributed by atoms with van der Waals surface area (Å²) in [5.74, 6) is 0.906. The molecule has 2 N–H and O–H groups in total. The Bertz CT molecular complexity index is 1360. The average Bonchev–Trinajstić information content (AvgIpc) is 3.08. The highest BCUT2D eigenvalue weighted by molar-refractivity contribution is 5.77. The molecule has 7 nitrogen and oxygen atoms in total. The van der Waals surface area contributed by atoms with Crippen molar-refractivity contribution in [2.75, 3.05) is 89.4 Å². The molecule has 3 aromatic carbocycles. The summed E-state index contributed by atoms with van der Waals surface area (Å²) in [5.41, 5.74) is 9.05. The molecule has 0 spiro atoms. The highest BCUT2D eigenvalue weighted by atomic mass is 16.5. The molecule has 2 aliphatic heterocycles. The molecule has 2 aliphatic rings. The van der Waals surface area contributed by atoms with Gasteiger partial charge in [-0.2, -0.15) is 0 Å². The molecule has 2 saturated heterocycles. The van der Waals surface area contributed by atoms with E-state index in [1.807, 2.05) is 0 Å². The molecule has 224 valence electrons. The molecule has 0 saturated carbocycles. The van der Waals surface area contributed by atoms with Crippen LogP contribution in [0, 0.1) is 0 Å². The Kier molecular flexibility index (Phi) is 9.53. The minimum Gasteiger partial charge on any atom is -0.494 e. The Morgan fingerprint density at radius 3 is 1.56 bits per heavy atom. The molecule has 0 radical (unpaired) electrons. The van der Waals surface area contributed by atoms with E-state index in [2.05, 4.69) is 124 Å². The van der Waals surface area contributed by atoms with E-state index < -0.39 is 0 Å². The largest absolute Gasteiger partial charge is 0.494 e. The van der Waals surface area contributed by atoms with Gasteiger partial charge in [0, 0.05) is 81.4 Å². The van der Waals surface area contributed by atoms with Gasteiger partial charge in [0.1, 0.15) is 5.75 Å². The molecule has 0 aliphatic carbocycles. The van der Waals surface area contributed by atoms with Crippen molar-refractivity contribution < 1.29 is 4.74 Å². The van der Waals surface area contributed by atoms with Crippen LogP contribution in [-0.2, 0) is 0 Å². The van der Waals surface area contributed by atoms with Gasteiger partial charge < -0.3 is 30.1 Å². The SMILES string of the molecule is CN(C)CCCOc1ccc(-c2cc(-c3ccc(N4CCNCC4)cc3)nc(-c3ccc(N4CCNCC4)cc3)c2)cc1. The molecule has 0 amide bonds. The van der Waals surface area contributed by atoms with Crippen molar-refractivity contribution in [3.05, 3.63) is 84.9 Å². The number of pyridine rings is 1. The van der Waals surface area contributed by atoms with Crippen LogP contribution in [0.5, 0.6) is 5.75 Å². The molecule has 0 bridgehead atoms. The van der Waals surface area contributed by atoms with Gasteiger partial charge in [0.2, 0.25) is 0 Å². The lowest BCUT2D eigenvalue weighted by molar-refractivity contribution is 0.281. The van der Waals surface area contributed by atoms with Crippen LogP contribution < -0.4 is 25.2 Å². The molecule has 2 fully saturated rings. The van der Waals surface area contributed by atoms with E-state index in [1.165, 1.54) is 11.4 Å². The fourth-order valence-corrected chi connectivity index (χ4v) is 5.84. The van der Waals surface area contributed by atoms with Crippen molar-refractivity contribution in [1.82, 2.24) is 20.5 Å². The first kappa shape index (κ1) is 29.2. The third-order valence-electron chi connectivity index (χ3n) is 8.32. The van der Waals surface area contributed by atoms with Gasteiger partial charge >= 0.3 is 0 Å². The average molecular weight is 577 g/mol. The minimum absolute atomic E-state index is 0.717. The number of nitrogens with one attached hydrogen (secondary N) is 2. The predicted octanol–water partition coefficient (Wildman–Crippen LogP) is 5.23. The van der Waals surface area contributed by atoms with E-state index in [4.69, 9.17) is 9.72 Å². The first-order valence-corrected chi connectivity index (χ1v) is 15.6. The molecule has 0 unspecified atom stereocenters. The van der Waals surface area contributed by atoms with Gasteiger partial charge in [-0.25, -0.2) is 4.98 Å². The topological polar surface area (TPSA) is 55.9 Å². The summed E-state index contributed by atoms with van der Waals surface area (Å²) in [7, 11) is 4.18. The lowest BCUT2D eigenvalue weighted by Crippen LogP contribution is -2.43. The molecule has 4 aromatic rings. The third-order valence-corrected chi connectivity index (χ3v) is 8.32. The quantitative estimate of drug-likeness (QED) is 0.251. The van der Waals surface area contributed by atoms with Crippen molar-refractivity contribution >= 4 is 11.4 Å². The number of hydrogen-bond donors (Lipinski definition) is 2. The lowest BCUT2D eigenvalue weighted by atomic mass is 9.99. The summed E-state index contributed by atoms with van der Waals surface area (Å²) in [6, 6.07) is 30.7. The van der Waals surface area contributed by atoms with E-state index in [1.54, 1.807) is 0 Å². The highest BCUT2D eigenvalue weighted by Crippen LogP contribution is 2.33. The van der Waals surface area contributed by atoms with E-state index >= 15 is 0 Å². The number of ether oxygens (including phenoxy) is 1. The zero-order valence-corrected chi connectivity index (χ0v) is 25.6. The lowest BCUT2D eigenvalue weighted by Gasteiger charge is -2.29. The maximum Gasteiger partial charge on any atom is 0.119 e. The van der Waals surface area contributed by atoms with Crippen LogP contribution in [0.25, 0.3) is 33.6 Å². The van der Waals surface area contributed by atoms with Gasteiger partial charge in [-0.05, 0) is 80.2 Å². The molecule has 6 rings (SSSR count). The van der Waals surface area contributed by atoms with Crippen LogP contribution in [0.1, 0.15) is 6.42 Å². The van der Waals surface area contributed by atoms with Crippen molar-refractivity contribution in [2.24, 2.45) is 0 Å². The van der Waals surface area contributed by atoms with Crippen molar-refractivity contribution in [3.63, 3.8) is 0 Å². The Morgan fingerprint density at radius 1 is 0.628 bits per heavy atom. The van der Waals surface area contributed by atoms with E-state index in [9.17, 15) is 0 Å². The molecule has 0 atom stereocenters. The smallest absolute Gasteiger partial charge is 0.119 e. The second-order valence-corrected chi connectivity index (χ2v) is 11.7. The first-order valence-electron chi connectivity index (χ1n) is 15.6. The van der Waals surface area contributed by atoms with Gasteiger partial charge in [0.25, 0.3) is 0 Å². The van der Waals surface area contributed by atoms with Crippen molar-refractivity contribution in [2.45, 2.75) is 6.42 Å². The molecule has 43 heavy (non-hydrogen) atoms. The molecule has 7 heteroatoms. The maximum atomic E-state index is 6.00. The van der Waals surface area contributed by atoms with Crippen LogP contribution in [0.3, 0.4) is 0 Å². The summed E-state index contributed by atoms with van der Waals surface area (Å²) in [4.78, 5) is 12.3. The zero-order chi connectivity index (χ0) is 29.4. The number of anilines is 2. The zero-order valence-electron chi connectivity index (χ0n) is 25.6. The predicted molar refractivity (Wildman–Crippen MR) is 179 cm³/mol. The van der Waals surface area contributed by atoms with Crippen molar-refractivity contribution in [3.8, 4) is 39.4 Å². The summed E-state index contributed by atoms with van der Waals surface area (Å²) < 4.78 is 6.00. The Hall–Kier alpha value is -3.91. The van der Waals surface area contributed by atoms with Gasteiger partial charge in [0.15, 0.2) is 0 Å². The number of hydrogen-bond acceptors (Lipinski definition) is 7. The number of aromatic nitrogens is 1. The van der Waals surface area contributed by atoms with Gasteiger partial charge in [-0.3, -0.25) is 0 Å². The second kappa shape index (κ2) is 14.0. The van der Waals surface area contributed by atoms with E-state index in [0.29, 0.717) is 0 Å². The Labute approximate surface area is 256 Å². The third kappa shape index (κ3) is 7.54. The molecule has 3 heterocycles. The van der Waals surface area contributed by atoms with Crippen LogP contribution in [0.4, 0.5) is 11.4 Å². The van der Waals surface area contributed by atoms with Gasteiger partial charge in [-0.1, -0.05) is 36.4 Å². The standard InChI is InChI=1S/C36H44N6O/c1-40(2)20-3-25-43-34-14-8-28(9-15-34)31-26-35(29-4-10-32(11-5-29)41-21-16-37-17-22-41)39-36(27-31)30-6-12-33(13-7-30)42-23-18-38-19-24-42/h4-15,26-27,37-38H,3,16-25H2,1-2H3. The Morgan fingerprint density at radius 2 is 1.09 bits per heavy atom. The fourth-order valence-electron chi connectivity index (χ4n) is 5.84. The number of rotatable bonds is 10. The van der Waals surface area contributed by atoms with Gasteiger partial charge in [0.05, 0.1) is 18.0 Å². The van der Waals surface area contributed by atoms with Crippen LogP contribution in [-0.4, -0.2) is 89.5 Å². The summed E-state index contributed by atoms with van der Waals surface area (Å²) in [5, 5.41) is 6.88. The first-order chi connectivity index (χ1) is 21.1. The van der Waals surface area contributed by atoms with Gasteiger partial charge in [-0.15, -0.1) is 0 Å². The van der Waals surface area contributed by atoms with Crippen LogP contribution in [0.15, 0.2) is 84.9 Å². The monoisotopic (exact) mass is 576 g/mol. The van der Waals surface area contributed by atoms with Crippen LogP contribution in [0.2, 0.25) is 0 Å². The van der Waals surface area contributed by atoms with E-state index in [0.717, 1.165) is 111 Å². The fraction of sp³-hybridized carbons (Fsp3) is 0.361. The summed E-state index contributed by atoms with van der Waals surface area (Å²) in [6.45, 7) is 10.0. The molecular formula is C36H44N6O. The summed E-state index contributed by atoms with van der Waals surface area (Å²) in [6.07, 6.45) is 1.01. The summed E-state index contributed by atoms with van der Waals surface area (Å²) >= 11 is 0. The highest BCUT2D eigenvalue weighted by Gasteiger charge is 2.14. The van der Waals surface area contributed by atoms with Crippen LogP contribution >= 0.6 is 0 Å². The molecule has 1 aromatic heterocycles. The van der Waals surface area contributed by atoms with E-state index in [-0.39, 0.29) is 0 Å². The second-order valence-electron chi connectivity index (χ2n) is 11.7. The molecular weight excluding hydrogens is 532 g/mol. The maximum absolute atomic E-state index is 6.00. The number of piperazine rings is 2.